The van der Waals surface area contributed by atoms with Crippen LogP contribution in [0.1, 0.15) is 11.5 Å². The maximum atomic E-state index is 12.8. The lowest BCUT2D eigenvalue weighted by Gasteiger charge is -2.13. The summed E-state index contributed by atoms with van der Waals surface area (Å²) < 4.78 is 12.8. The van der Waals surface area contributed by atoms with Crippen LogP contribution in [0.2, 0.25) is 0 Å². The molecular weight excluding hydrogens is 239 g/mol. The largest absolute Gasteiger partial charge is 0.395 e. The van der Waals surface area contributed by atoms with Gasteiger partial charge in [-0.15, -0.1) is 0 Å². The van der Waals surface area contributed by atoms with Crippen LogP contribution < -0.4 is 0 Å². The molecule has 0 radical (unpaired) electrons. The summed E-state index contributed by atoms with van der Waals surface area (Å²) >= 11 is 0. The minimum atomic E-state index is -0.693. The van der Waals surface area contributed by atoms with Gasteiger partial charge in [0.25, 0.3) is 0 Å². The number of benzene rings is 1. The Morgan fingerprint density at radius 3 is 2.61 bits per heavy atom. The van der Waals surface area contributed by atoms with Crippen molar-refractivity contribution in [1.82, 2.24) is 4.90 Å². The van der Waals surface area contributed by atoms with E-state index < -0.39 is 6.04 Å². The van der Waals surface area contributed by atoms with Gasteiger partial charge >= 0.3 is 0 Å². The molecule has 0 saturated carbocycles. The molecule has 6 heteroatoms. The standard InChI is InChI=1S/C12H15FN2O3/c13-10-3-1-9(2-4-10)11-7-14(5-6-16)8-12(11)15(17)18/h1-4,11-12,16H,5-8H2. The number of hydrogen-bond donors (Lipinski definition) is 1. The van der Waals surface area contributed by atoms with E-state index in [2.05, 4.69) is 0 Å². The Labute approximate surface area is 104 Å². The lowest BCUT2D eigenvalue weighted by molar-refractivity contribution is -0.521. The van der Waals surface area contributed by atoms with Gasteiger partial charge in [-0.2, -0.15) is 0 Å². The van der Waals surface area contributed by atoms with Crippen molar-refractivity contribution in [1.29, 1.82) is 0 Å². The molecule has 1 aliphatic heterocycles. The predicted octanol–water partition coefficient (Wildman–Crippen LogP) is 0.862. The third-order valence-corrected chi connectivity index (χ3v) is 3.35. The number of aliphatic hydroxyl groups is 1. The summed E-state index contributed by atoms with van der Waals surface area (Å²) in [7, 11) is 0. The number of rotatable bonds is 4. The molecule has 0 amide bonds. The smallest absolute Gasteiger partial charge is 0.233 e. The highest BCUT2D eigenvalue weighted by Crippen LogP contribution is 2.29. The highest BCUT2D eigenvalue weighted by Gasteiger charge is 2.41. The normalized spacial score (nSPS) is 24.3. The van der Waals surface area contributed by atoms with Crippen LogP contribution in [0.5, 0.6) is 0 Å². The fraction of sp³-hybridized carbons (Fsp3) is 0.500. The Balaban J connectivity index is 2.18. The zero-order valence-corrected chi connectivity index (χ0v) is 9.83. The van der Waals surface area contributed by atoms with Gasteiger partial charge in [0.15, 0.2) is 0 Å². The van der Waals surface area contributed by atoms with E-state index in [1.54, 1.807) is 12.1 Å². The Bertz CT molecular complexity index is 424. The second-order valence-electron chi connectivity index (χ2n) is 4.49. The molecule has 0 bridgehead atoms. The van der Waals surface area contributed by atoms with Crippen LogP contribution in [0, 0.1) is 15.9 Å². The van der Waals surface area contributed by atoms with Gasteiger partial charge in [-0.25, -0.2) is 4.39 Å². The van der Waals surface area contributed by atoms with Crippen LogP contribution in [0.25, 0.3) is 0 Å². The van der Waals surface area contributed by atoms with Crippen LogP contribution in [-0.2, 0) is 0 Å². The Morgan fingerprint density at radius 1 is 1.39 bits per heavy atom. The van der Waals surface area contributed by atoms with Gasteiger partial charge in [-0.05, 0) is 17.7 Å². The van der Waals surface area contributed by atoms with Crippen LogP contribution in [-0.4, -0.2) is 47.2 Å². The van der Waals surface area contributed by atoms with E-state index in [4.69, 9.17) is 5.11 Å². The molecule has 2 rings (SSSR count). The first-order valence-corrected chi connectivity index (χ1v) is 5.84. The minimum Gasteiger partial charge on any atom is -0.395 e. The van der Waals surface area contributed by atoms with Crippen molar-refractivity contribution in [3.63, 3.8) is 0 Å². The van der Waals surface area contributed by atoms with Crippen LogP contribution in [0.3, 0.4) is 0 Å². The maximum absolute atomic E-state index is 12.8. The van der Waals surface area contributed by atoms with E-state index in [0.29, 0.717) is 19.6 Å². The average molecular weight is 254 g/mol. The first-order chi connectivity index (χ1) is 8.61. The number of likely N-dealkylation sites (tertiary alicyclic amines) is 1. The highest BCUT2D eigenvalue weighted by molar-refractivity contribution is 5.23. The quantitative estimate of drug-likeness (QED) is 0.639. The molecule has 1 saturated heterocycles. The zero-order chi connectivity index (χ0) is 13.1. The molecule has 0 aromatic heterocycles. The maximum Gasteiger partial charge on any atom is 0.233 e. The van der Waals surface area contributed by atoms with Gasteiger partial charge < -0.3 is 5.11 Å². The fourth-order valence-corrected chi connectivity index (χ4v) is 2.44. The zero-order valence-electron chi connectivity index (χ0n) is 9.83. The average Bonchev–Trinajstić information content (AvgIpc) is 2.75. The molecule has 2 unspecified atom stereocenters. The number of β-amino-alcohol motifs (C(OH)–C–C–N with tert-alkyl or cyclic N) is 1. The van der Waals surface area contributed by atoms with Crippen molar-refractivity contribution in [2.45, 2.75) is 12.0 Å². The number of halogens is 1. The van der Waals surface area contributed by atoms with Crippen molar-refractivity contribution < 1.29 is 14.4 Å². The molecule has 1 aromatic rings. The van der Waals surface area contributed by atoms with E-state index >= 15 is 0 Å². The first-order valence-electron chi connectivity index (χ1n) is 5.84. The molecule has 98 valence electrons. The number of aliphatic hydroxyl groups excluding tert-OH is 1. The van der Waals surface area contributed by atoms with E-state index in [9.17, 15) is 14.5 Å². The van der Waals surface area contributed by atoms with E-state index in [-0.39, 0.29) is 23.3 Å². The summed E-state index contributed by atoms with van der Waals surface area (Å²) in [6, 6.07) is 5.14. The molecule has 0 spiro atoms. The van der Waals surface area contributed by atoms with Gasteiger partial charge in [0, 0.05) is 18.0 Å². The molecule has 1 heterocycles. The molecule has 18 heavy (non-hydrogen) atoms. The van der Waals surface area contributed by atoms with Gasteiger partial charge in [-0.1, -0.05) is 12.1 Å². The van der Waals surface area contributed by atoms with Crippen LogP contribution >= 0.6 is 0 Å². The molecule has 2 atom stereocenters. The van der Waals surface area contributed by atoms with Gasteiger partial charge in [0.1, 0.15) is 5.82 Å². The number of nitro groups is 1. The van der Waals surface area contributed by atoms with Crippen molar-refractivity contribution >= 4 is 0 Å². The SMILES string of the molecule is O=[N+]([O-])C1CN(CCO)CC1c1ccc(F)cc1. The second kappa shape index (κ2) is 5.41. The fourth-order valence-electron chi connectivity index (χ4n) is 2.44. The Morgan fingerprint density at radius 2 is 2.06 bits per heavy atom. The van der Waals surface area contributed by atoms with Gasteiger partial charge in [0.2, 0.25) is 6.04 Å². The summed E-state index contributed by atoms with van der Waals surface area (Å²) in [5.74, 6) is -0.589. The number of hydrogen-bond acceptors (Lipinski definition) is 4. The number of nitrogens with zero attached hydrogens (tertiary/aromatic N) is 2. The molecule has 1 N–H and O–H groups in total. The highest BCUT2D eigenvalue weighted by atomic mass is 19.1. The molecular formula is C12H15FN2O3. The van der Waals surface area contributed by atoms with E-state index in [1.165, 1.54) is 12.1 Å². The Hall–Kier alpha value is -1.53. The summed E-state index contributed by atoms with van der Waals surface area (Å²) in [6.45, 7) is 1.27. The van der Waals surface area contributed by atoms with E-state index in [0.717, 1.165) is 5.56 Å². The first kappa shape index (κ1) is 12.9. The van der Waals surface area contributed by atoms with Crippen LogP contribution in [0.4, 0.5) is 4.39 Å². The third kappa shape index (κ3) is 2.65. The van der Waals surface area contributed by atoms with Crippen LogP contribution in [0.15, 0.2) is 24.3 Å². The van der Waals surface area contributed by atoms with Crippen molar-refractivity contribution in [2.24, 2.45) is 0 Å². The summed E-state index contributed by atoms with van der Waals surface area (Å²) in [6.07, 6.45) is 0. The molecule has 1 fully saturated rings. The summed E-state index contributed by atoms with van der Waals surface area (Å²) in [5, 5.41) is 19.9. The monoisotopic (exact) mass is 254 g/mol. The molecule has 1 aliphatic rings. The second-order valence-corrected chi connectivity index (χ2v) is 4.49. The van der Waals surface area contributed by atoms with Crippen molar-refractivity contribution in [3.05, 3.63) is 45.8 Å². The summed E-state index contributed by atoms with van der Waals surface area (Å²) in [4.78, 5) is 12.6. The van der Waals surface area contributed by atoms with Gasteiger partial charge in [0.05, 0.1) is 19.1 Å². The lowest BCUT2D eigenvalue weighted by Crippen LogP contribution is -2.29. The van der Waals surface area contributed by atoms with E-state index in [1.807, 2.05) is 4.90 Å². The van der Waals surface area contributed by atoms with Crippen molar-refractivity contribution in [3.8, 4) is 0 Å². The molecule has 5 nitrogen and oxygen atoms in total. The molecule has 0 aliphatic carbocycles. The van der Waals surface area contributed by atoms with Gasteiger partial charge in [-0.3, -0.25) is 15.0 Å². The molecule has 1 aromatic carbocycles. The lowest BCUT2D eigenvalue weighted by atomic mass is 9.95. The predicted molar refractivity (Wildman–Crippen MR) is 63.4 cm³/mol. The summed E-state index contributed by atoms with van der Waals surface area (Å²) in [5.41, 5.74) is 0.776. The van der Waals surface area contributed by atoms with Crippen molar-refractivity contribution in [2.75, 3.05) is 26.2 Å². The Kier molecular flexibility index (Phi) is 3.88. The minimum absolute atomic E-state index is 0.0133. The topological polar surface area (TPSA) is 66.6 Å². The third-order valence-electron chi connectivity index (χ3n) is 3.35.